The molecule has 0 fully saturated rings. The number of aliphatic hydroxyl groups excluding tert-OH is 1. The van der Waals surface area contributed by atoms with Gasteiger partial charge in [0.1, 0.15) is 12.3 Å². The van der Waals surface area contributed by atoms with Crippen LogP contribution in [0.3, 0.4) is 0 Å². The standard InChI is InChI=1S/C16H12F6N2O2/c1-23-13-3-2-11(6-12(13)16(20,21)22)24(9-15(17,18)19)7-14-10(8-25)4-5-26-14/h2-6,25H,7-9H2. The molecule has 1 N–H and O–H groups in total. The van der Waals surface area contributed by atoms with Gasteiger partial charge in [-0.3, -0.25) is 0 Å². The maximum atomic E-state index is 13.1. The Morgan fingerprint density at radius 2 is 1.81 bits per heavy atom. The Labute approximate surface area is 144 Å². The summed E-state index contributed by atoms with van der Waals surface area (Å²) in [5.74, 6) is -0.000403. The molecule has 0 radical (unpaired) electrons. The first kappa shape index (κ1) is 19.7. The molecule has 0 atom stereocenters. The van der Waals surface area contributed by atoms with Gasteiger partial charge in [-0.1, -0.05) is 6.07 Å². The zero-order valence-electron chi connectivity index (χ0n) is 13.0. The van der Waals surface area contributed by atoms with E-state index in [1.54, 1.807) is 0 Å². The average Bonchev–Trinajstić information content (AvgIpc) is 2.98. The summed E-state index contributed by atoms with van der Waals surface area (Å²) in [5.41, 5.74) is -2.17. The van der Waals surface area contributed by atoms with Crippen molar-refractivity contribution in [1.29, 1.82) is 0 Å². The van der Waals surface area contributed by atoms with Crippen LogP contribution in [0.1, 0.15) is 16.9 Å². The van der Waals surface area contributed by atoms with Gasteiger partial charge >= 0.3 is 12.4 Å². The van der Waals surface area contributed by atoms with E-state index in [1.165, 1.54) is 6.07 Å². The number of hydrogen-bond donors (Lipinski definition) is 1. The van der Waals surface area contributed by atoms with Crippen molar-refractivity contribution in [3.05, 3.63) is 58.8 Å². The second kappa shape index (κ2) is 7.29. The predicted octanol–water partition coefficient (Wildman–Crippen LogP) is 4.91. The van der Waals surface area contributed by atoms with E-state index in [0.29, 0.717) is 11.0 Å². The molecule has 1 aromatic carbocycles. The van der Waals surface area contributed by atoms with E-state index in [-0.39, 0.29) is 17.0 Å². The van der Waals surface area contributed by atoms with Crippen molar-refractivity contribution in [3.8, 4) is 0 Å². The smallest absolute Gasteiger partial charge is 0.407 e. The molecule has 0 bridgehead atoms. The monoisotopic (exact) mass is 378 g/mol. The lowest BCUT2D eigenvalue weighted by Gasteiger charge is -2.26. The highest BCUT2D eigenvalue weighted by atomic mass is 19.4. The molecular weight excluding hydrogens is 366 g/mol. The number of rotatable bonds is 5. The molecule has 0 saturated carbocycles. The van der Waals surface area contributed by atoms with E-state index < -0.39 is 43.3 Å². The molecule has 2 aromatic rings. The quantitative estimate of drug-likeness (QED) is 0.594. The number of aliphatic hydroxyl groups is 1. The highest BCUT2D eigenvalue weighted by molar-refractivity contribution is 5.62. The van der Waals surface area contributed by atoms with E-state index in [1.807, 2.05) is 0 Å². The fourth-order valence-electron chi connectivity index (χ4n) is 2.32. The number of nitrogens with zero attached hydrogens (tertiary/aromatic N) is 2. The molecule has 1 heterocycles. The van der Waals surface area contributed by atoms with Crippen molar-refractivity contribution in [1.82, 2.24) is 0 Å². The Bertz CT molecular complexity index is 804. The number of hydrogen-bond acceptors (Lipinski definition) is 3. The van der Waals surface area contributed by atoms with Gasteiger partial charge in [-0.05, 0) is 18.2 Å². The van der Waals surface area contributed by atoms with Crippen LogP contribution in [0.2, 0.25) is 0 Å². The van der Waals surface area contributed by atoms with Crippen LogP contribution in [0.25, 0.3) is 4.85 Å². The maximum absolute atomic E-state index is 13.1. The van der Waals surface area contributed by atoms with Crippen LogP contribution in [0.4, 0.5) is 37.7 Å². The van der Waals surface area contributed by atoms with Crippen molar-refractivity contribution < 1.29 is 35.9 Å². The average molecular weight is 378 g/mol. The van der Waals surface area contributed by atoms with E-state index in [0.717, 1.165) is 18.4 Å². The summed E-state index contributed by atoms with van der Waals surface area (Å²) in [4.78, 5) is 3.39. The summed E-state index contributed by atoms with van der Waals surface area (Å²) in [5, 5.41) is 9.16. The molecule has 0 aliphatic carbocycles. The molecular formula is C16H12F6N2O2. The summed E-state index contributed by atoms with van der Waals surface area (Å²) in [6.07, 6.45) is -8.42. The van der Waals surface area contributed by atoms with Crippen LogP contribution < -0.4 is 4.90 Å². The maximum Gasteiger partial charge on any atom is 0.407 e. The molecule has 26 heavy (non-hydrogen) atoms. The number of furan rings is 1. The molecule has 0 aliphatic rings. The minimum absolute atomic E-state index is 0.000403. The van der Waals surface area contributed by atoms with Crippen molar-refractivity contribution in [2.75, 3.05) is 11.4 Å². The Hall–Kier alpha value is -2.67. The molecule has 4 nitrogen and oxygen atoms in total. The summed E-state index contributed by atoms with van der Waals surface area (Å²) in [6.45, 7) is 4.26. The third kappa shape index (κ3) is 4.70. The molecule has 2 rings (SSSR count). The lowest BCUT2D eigenvalue weighted by atomic mass is 10.1. The first-order valence-corrected chi connectivity index (χ1v) is 7.11. The molecule has 0 saturated heterocycles. The summed E-state index contributed by atoms with van der Waals surface area (Å²) in [6, 6.07) is 3.69. The second-order valence-electron chi connectivity index (χ2n) is 5.31. The van der Waals surface area contributed by atoms with Gasteiger partial charge in [-0.2, -0.15) is 26.3 Å². The molecule has 0 spiro atoms. The van der Waals surface area contributed by atoms with Crippen LogP contribution in [0, 0.1) is 6.57 Å². The molecule has 10 heteroatoms. The Morgan fingerprint density at radius 3 is 2.35 bits per heavy atom. The van der Waals surface area contributed by atoms with Gasteiger partial charge in [0.05, 0.1) is 31.6 Å². The van der Waals surface area contributed by atoms with Crippen LogP contribution in [-0.4, -0.2) is 17.8 Å². The van der Waals surface area contributed by atoms with E-state index >= 15 is 0 Å². The molecule has 0 unspecified atom stereocenters. The number of halogens is 6. The Morgan fingerprint density at radius 1 is 1.12 bits per heavy atom. The van der Waals surface area contributed by atoms with Crippen LogP contribution in [-0.2, 0) is 19.3 Å². The fraction of sp³-hybridized carbons (Fsp3) is 0.312. The molecule has 0 amide bonds. The van der Waals surface area contributed by atoms with Crippen LogP contribution in [0.5, 0.6) is 0 Å². The zero-order chi connectivity index (χ0) is 19.5. The SMILES string of the molecule is [C-]#[N+]c1ccc(N(Cc2occc2CO)CC(F)(F)F)cc1C(F)(F)F. The lowest BCUT2D eigenvalue weighted by molar-refractivity contribution is -0.136. The van der Waals surface area contributed by atoms with Crippen LogP contribution in [0.15, 0.2) is 34.9 Å². The van der Waals surface area contributed by atoms with Gasteiger partial charge in [0, 0.05) is 11.3 Å². The first-order chi connectivity index (χ1) is 12.0. The van der Waals surface area contributed by atoms with Gasteiger partial charge in [-0.15, -0.1) is 0 Å². The van der Waals surface area contributed by atoms with Gasteiger partial charge in [0.2, 0.25) is 0 Å². The summed E-state index contributed by atoms with van der Waals surface area (Å²) < 4.78 is 82.9. The van der Waals surface area contributed by atoms with Gasteiger partial charge in [0.25, 0.3) is 0 Å². The summed E-state index contributed by atoms with van der Waals surface area (Å²) >= 11 is 0. The molecule has 0 aliphatic heterocycles. The van der Waals surface area contributed by atoms with Crippen molar-refractivity contribution in [2.45, 2.75) is 25.5 Å². The highest BCUT2D eigenvalue weighted by Gasteiger charge is 2.36. The van der Waals surface area contributed by atoms with E-state index in [9.17, 15) is 26.3 Å². The fourth-order valence-corrected chi connectivity index (χ4v) is 2.32. The molecule has 1 aromatic heterocycles. The normalized spacial score (nSPS) is 12.1. The molecule has 140 valence electrons. The summed E-state index contributed by atoms with van der Waals surface area (Å²) in [7, 11) is 0. The number of anilines is 1. The Balaban J connectivity index is 2.47. The largest absolute Gasteiger partial charge is 0.467 e. The third-order valence-corrected chi connectivity index (χ3v) is 3.48. The second-order valence-corrected chi connectivity index (χ2v) is 5.31. The topological polar surface area (TPSA) is 41.0 Å². The van der Waals surface area contributed by atoms with Gasteiger partial charge in [-0.25, -0.2) is 4.85 Å². The van der Waals surface area contributed by atoms with Crippen molar-refractivity contribution >= 4 is 11.4 Å². The van der Waals surface area contributed by atoms with Gasteiger partial charge in [0.15, 0.2) is 5.69 Å². The first-order valence-electron chi connectivity index (χ1n) is 7.11. The van der Waals surface area contributed by atoms with Crippen molar-refractivity contribution in [2.24, 2.45) is 0 Å². The van der Waals surface area contributed by atoms with Gasteiger partial charge < -0.3 is 14.4 Å². The zero-order valence-corrected chi connectivity index (χ0v) is 13.0. The van der Waals surface area contributed by atoms with E-state index in [4.69, 9.17) is 16.1 Å². The van der Waals surface area contributed by atoms with Crippen molar-refractivity contribution in [3.63, 3.8) is 0 Å². The highest BCUT2D eigenvalue weighted by Crippen LogP contribution is 2.39. The predicted molar refractivity (Wildman–Crippen MR) is 79.4 cm³/mol. The minimum Gasteiger partial charge on any atom is -0.467 e. The third-order valence-electron chi connectivity index (χ3n) is 3.48. The number of alkyl halides is 6. The number of benzene rings is 1. The lowest BCUT2D eigenvalue weighted by Crippen LogP contribution is -2.34. The van der Waals surface area contributed by atoms with E-state index in [2.05, 4.69) is 4.85 Å². The van der Waals surface area contributed by atoms with Crippen LogP contribution >= 0.6 is 0 Å². The Kier molecular flexibility index (Phi) is 5.51. The minimum atomic E-state index is -4.89.